The molecule has 0 aliphatic heterocycles. The van der Waals surface area contributed by atoms with Crippen molar-refractivity contribution in [3.8, 4) is 0 Å². The number of allylic oxidation sites excluding steroid dienone is 1. The quantitative estimate of drug-likeness (QED) is 0.310. The standard InChI is InChI=1S/C19H14N2O5/c1-26-19(23)16-12-20(17-5-3-2-4-15(16)17)18(22)11-8-13-6-9-14(10-7-13)21(24)25/h2-12H,1H3/b11-8+. The zero-order valence-corrected chi connectivity index (χ0v) is 13.8. The fourth-order valence-corrected chi connectivity index (χ4v) is 2.59. The van der Waals surface area contributed by atoms with Gasteiger partial charge in [-0.3, -0.25) is 19.5 Å². The number of nitro benzene ring substituents is 1. The third kappa shape index (κ3) is 3.23. The van der Waals surface area contributed by atoms with Crippen molar-refractivity contribution in [1.82, 2.24) is 4.57 Å². The van der Waals surface area contributed by atoms with Crippen LogP contribution in [0.3, 0.4) is 0 Å². The van der Waals surface area contributed by atoms with E-state index in [2.05, 4.69) is 0 Å². The minimum absolute atomic E-state index is 0.0207. The fraction of sp³-hybridized carbons (Fsp3) is 0.0526. The molecule has 0 saturated carbocycles. The van der Waals surface area contributed by atoms with Crippen molar-refractivity contribution >= 4 is 34.5 Å². The summed E-state index contributed by atoms with van der Waals surface area (Å²) in [4.78, 5) is 34.6. The molecule has 1 heterocycles. The maximum atomic E-state index is 12.5. The van der Waals surface area contributed by atoms with Gasteiger partial charge in [0.15, 0.2) is 0 Å². The van der Waals surface area contributed by atoms with E-state index in [9.17, 15) is 19.7 Å². The summed E-state index contributed by atoms with van der Waals surface area (Å²) in [5, 5.41) is 11.3. The molecule has 0 saturated heterocycles. The molecule has 7 nitrogen and oxygen atoms in total. The molecular weight excluding hydrogens is 336 g/mol. The Kier molecular flexibility index (Phi) is 4.62. The van der Waals surface area contributed by atoms with Crippen LogP contribution in [0.5, 0.6) is 0 Å². The number of fused-ring (bicyclic) bond motifs is 1. The second-order valence-electron chi connectivity index (χ2n) is 5.44. The molecule has 0 atom stereocenters. The van der Waals surface area contributed by atoms with E-state index in [-0.39, 0.29) is 11.6 Å². The molecule has 1 aromatic heterocycles. The Morgan fingerprint density at radius 3 is 2.46 bits per heavy atom. The lowest BCUT2D eigenvalue weighted by molar-refractivity contribution is -0.384. The van der Waals surface area contributed by atoms with Gasteiger partial charge < -0.3 is 4.74 Å². The van der Waals surface area contributed by atoms with Crippen molar-refractivity contribution in [2.24, 2.45) is 0 Å². The number of nitrogens with zero attached hydrogens (tertiary/aromatic N) is 2. The highest BCUT2D eigenvalue weighted by atomic mass is 16.6. The number of nitro groups is 1. The highest BCUT2D eigenvalue weighted by molar-refractivity contribution is 6.09. The van der Waals surface area contributed by atoms with E-state index >= 15 is 0 Å². The SMILES string of the molecule is COC(=O)c1cn(C(=O)/C=C/c2ccc([N+](=O)[O-])cc2)c2ccccc12. The Balaban J connectivity index is 1.92. The molecule has 0 bridgehead atoms. The molecule has 0 fully saturated rings. The molecular formula is C19H14N2O5. The van der Waals surface area contributed by atoms with Crippen LogP contribution in [-0.2, 0) is 4.74 Å². The third-order valence-corrected chi connectivity index (χ3v) is 3.88. The second kappa shape index (κ2) is 7.02. The number of carbonyl (C=O) groups is 2. The summed E-state index contributed by atoms with van der Waals surface area (Å²) < 4.78 is 6.13. The van der Waals surface area contributed by atoms with Crippen LogP contribution >= 0.6 is 0 Å². The first-order valence-electron chi connectivity index (χ1n) is 7.66. The van der Waals surface area contributed by atoms with Crippen molar-refractivity contribution < 1.29 is 19.2 Å². The molecule has 0 aliphatic carbocycles. The van der Waals surface area contributed by atoms with Gasteiger partial charge in [0.05, 0.1) is 23.1 Å². The van der Waals surface area contributed by atoms with E-state index in [0.717, 1.165) is 0 Å². The number of hydrogen-bond donors (Lipinski definition) is 0. The normalized spacial score (nSPS) is 11.0. The van der Waals surface area contributed by atoms with E-state index in [0.29, 0.717) is 22.0 Å². The number of aromatic nitrogens is 1. The van der Waals surface area contributed by atoms with Gasteiger partial charge in [0.2, 0.25) is 0 Å². The summed E-state index contributed by atoms with van der Waals surface area (Å²) in [5.41, 5.74) is 1.52. The Morgan fingerprint density at radius 2 is 1.81 bits per heavy atom. The summed E-state index contributed by atoms with van der Waals surface area (Å²) in [6.07, 6.45) is 4.34. The number of hydrogen-bond acceptors (Lipinski definition) is 5. The molecule has 0 amide bonds. The highest BCUT2D eigenvalue weighted by Crippen LogP contribution is 2.22. The number of ether oxygens (including phenoxy) is 1. The van der Waals surface area contributed by atoms with Crippen molar-refractivity contribution in [3.63, 3.8) is 0 Å². The third-order valence-electron chi connectivity index (χ3n) is 3.88. The molecule has 130 valence electrons. The number of para-hydroxylation sites is 1. The molecule has 7 heteroatoms. The lowest BCUT2D eigenvalue weighted by atomic mass is 10.2. The Bertz CT molecular complexity index is 1030. The molecule has 26 heavy (non-hydrogen) atoms. The zero-order chi connectivity index (χ0) is 18.7. The second-order valence-corrected chi connectivity index (χ2v) is 5.44. The predicted molar refractivity (Wildman–Crippen MR) is 96.0 cm³/mol. The van der Waals surface area contributed by atoms with Crippen molar-refractivity contribution in [2.45, 2.75) is 0 Å². The van der Waals surface area contributed by atoms with Gasteiger partial charge in [-0.05, 0) is 29.8 Å². The zero-order valence-electron chi connectivity index (χ0n) is 13.8. The van der Waals surface area contributed by atoms with E-state index in [1.54, 1.807) is 42.5 Å². The topological polar surface area (TPSA) is 91.4 Å². The average molecular weight is 350 g/mol. The predicted octanol–water partition coefficient (Wildman–Crippen LogP) is 3.69. The highest BCUT2D eigenvalue weighted by Gasteiger charge is 2.17. The maximum absolute atomic E-state index is 12.5. The summed E-state index contributed by atoms with van der Waals surface area (Å²) >= 11 is 0. The minimum atomic E-state index is -0.521. The number of benzene rings is 2. The summed E-state index contributed by atoms with van der Waals surface area (Å²) in [5.74, 6) is -0.873. The van der Waals surface area contributed by atoms with Crippen LogP contribution in [0.1, 0.15) is 20.7 Å². The van der Waals surface area contributed by atoms with Crippen LogP contribution < -0.4 is 0 Å². The Hall–Kier alpha value is -3.74. The van der Waals surface area contributed by atoms with Gasteiger partial charge in [-0.1, -0.05) is 18.2 Å². The monoisotopic (exact) mass is 350 g/mol. The van der Waals surface area contributed by atoms with E-state index in [4.69, 9.17) is 4.74 Å². The first-order valence-corrected chi connectivity index (χ1v) is 7.66. The van der Waals surface area contributed by atoms with Gasteiger partial charge in [0, 0.05) is 29.8 Å². The van der Waals surface area contributed by atoms with E-state index < -0.39 is 10.9 Å². The molecule has 0 N–H and O–H groups in total. The lowest BCUT2D eigenvalue weighted by Gasteiger charge is -1.99. The molecule has 0 radical (unpaired) electrons. The molecule has 0 unspecified atom stereocenters. The van der Waals surface area contributed by atoms with Crippen LogP contribution in [0, 0.1) is 10.1 Å². The van der Waals surface area contributed by atoms with Crippen molar-refractivity contribution in [1.29, 1.82) is 0 Å². The van der Waals surface area contributed by atoms with Crippen molar-refractivity contribution in [2.75, 3.05) is 7.11 Å². The van der Waals surface area contributed by atoms with Gasteiger partial charge in [-0.15, -0.1) is 0 Å². The van der Waals surface area contributed by atoms with E-state index in [1.807, 2.05) is 0 Å². The van der Waals surface area contributed by atoms with Gasteiger partial charge in [-0.25, -0.2) is 4.79 Å². The van der Waals surface area contributed by atoms with Gasteiger partial charge in [-0.2, -0.15) is 0 Å². The number of rotatable bonds is 4. The lowest BCUT2D eigenvalue weighted by Crippen LogP contribution is -2.06. The van der Waals surface area contributed by atoms with E-state index in [1.165, 1.54) is 36.1 Å². The summed E-state index contributed by atoms with van der Waals surface area (Å²) in [7, 11) is 1.28. The fourth-order valence-electron chi connectivity index (χ4n) is 2.59. The molecule has 3 rings (SSSR count). The first-order chi connectivity index (χ1) is 12.5. The van der Waals surface area contributed by atoms with Crippen molar-refractivity contribution in [3.05, 3.63) is 82.0 Å². The first kappa shape index (κ1) is 17.1. The minimum Gasteiger partial charge on any atom is -0.465 e. The summed E-state index contributed by atoms with van der Waals surface area (Å²) in [6, 6.07) is 12.9. The van der Waals surface area contributed by atoms with Gasteiger partial charge in [0.1, 0.15) is 0 Å². The Labute approximate surface area is 148 Å². The Morgan fingerprint density at radius 1 is 1.12 bits per heavy atom. The number of methoxy groups -OCH3 is 1. The molecule has 0 aliphatic rings. The molecule has 2 aromatic carbocycles. The number of non-ortho nitro benzene ring substituents is 1. The van der Waals surface area contributed by atoms with Crippen LogP contribution in [0.2, 0.25) is 0 Å². The molecule has 0 spiro atoms. The van der Waals surface area contributed by atoms with Crippen LogP contribution in [0.4, 0.5) is 5.69 Å². The average Bonchev–Trinajstić information content (AvgIpc) is 3.05. The largest absolute Gasteiger partial charge is 0.465 e. The molecule has 3 aromatic rings. The van der Waals surface area contributed by atoms with Crippen LogP contribution in [0.15, 0.2) is 60.8 Å². The number of esters is 1. The van der Waals surface area contributed by atoms with Crippen LogP contribution in [-0.4, -0.2) is 28.5 Å². The van der Waals surface area contributed by atoms with Crippen LogP contribution in [0.25, 0.3) is 17.0 Å². The van der Waals surface area contributed by atoms with Gasteiger partial charge >= 0.3 is 5.97 Å². The van der Waals surface area contributed by atoms with Gasteiger partial charge in [0.25, 0.3) is 11.6 Å². The summed E-state index contributed by atoms with van der Waals surface area (Å²) in [6.45, 7) is 0. The number of carbonyl (C=O) groups excluding carboxylic acids is 2. The maximum Gasteiger partial charge on any atom is 0.340 e. The smallest absolute Gasteiger partial charge is 0.340 e.